The fraction of sp³-hybridized carbons (Fsp3) is 0.667. The third kappa shape index (κ3) is 1.71. The van der Waals surface area contributed by atoms with Crippen LogP contribution >= 0.6 is 27.3 Å². The lowest BCUT2D eigenvalue weighted by atomic mass is 10.4. The fourth-order valence-electron chi connectivity index (χ4n) is 2.46. The molecule has 1 unspecified atom stereocenters. The molecule has 2 fully saturated rings. The number of aromatic nitrogens is 2. The number of hydrogen-bond acceptors (Lipinski definition) is 5. The van der Waals surface area contributed by atoms with Gasteiger partial charge in [0.1, 0.15) is 0 Å². The number of hydrogen-bond donors (Lipinski definition) is 1. The summed E-state index contributed by atoms with van der Waals surface area (Å²) in [5.74, 6) is 1.28. The first kappa shape index (κ1) is 10.5. The van der Waals surface area contributed by atoms with Gasteiger partial charge in [0, 0.05) is 37.9 Å². The number of carbonyl (C=O) groups excluding carboxylic acids is 1. The Bertz CT molecular complexity index is 425. The Morgan fingerprint density at radius 1 is 1.50 bits per heavy atom. The zero-order valence-electron chi connectivity index (χ0n) is 8.68. The average molecular weight is 303 g/mol. The summed E-state index contributed by atoms with van der Waals surface area (Å²) in [4.78, 5) is 13.2. The predicted molar refractivity (Wildman–Crippen MR) is 64.4 cm³/mol. The van der Waals surface area contributed by atoms with Crippen molar-refractivity contribution in [2.45, 2.75) is 13.0 Å². The van der Waals surface area contributed by atoms with E-state index in [9.17, 15) is 4.79 Å². The number of amides is 1. The highest BCUT2D eigenvalue weighted by Crippen LogP contribution is 2.47. The molecule has 1 aliphatic carbocycles. The maximum Gasteiger partial charge on any atom is 0.217 e. The van der Waals surface area contributed by atoms with Gasteiger partial charge < -0.3 is 10.2 Å². The summed E-state index contributed by atoms with van der Waals surface area (Å²) in [6, 6.07) is 0.394. The molecule has 1 aromatic rings. The van der Waals surface area contributed by atoms with Gasteiger partial charge in [-0.2, -0.15) is 0 Å². The SMILES string of the molecule is CC(=O)NC1[C@H]2CN(c3nnc(Br)s3)C[C@@H]12. The second kappa shape index (κ2) is 3.66. The van der Waals surface area contributed by atoms with E-state index < -0.39 is 0 Å². The maximum absolute atomic E-state index is 10.9. The first-order chi connectivity index (χ1) is 7.65. The summed E-state index contributed by atoms with van der Waals surface area (Å²) in [6.45, 7) is 3.54. The van der Waals surface area contributed by atoms with Gasteiger partial charge in [-0.1, -0.05) is 11.3 Å². The van der Waals surface area contributed by atoms with Crippen LogP contribution in [0, 0.1) is 11.8 Å². The maximum atomic E-state index is 10.9. The molecule has 5 nitrogen and oxygen atoms in total. The minimum atomic E-state index is 0.0737. The van der Waals surface area contributed by atoms with E-state index in [4.69, 9.17) is 0 Å². The molecule has 1 saturated carbocycles. The van der Waals surface area contributed by atoms with Gasteiger partial charge >= 0.3 is 0 Å². The molecule has 0 aromatic carbocycles. The van der Waals surface area contributed by atoms with Crippen molar-refractivity contribution in [2.75, 3.05) is 18.0 Å². The van der Waals surface area contributed by atoms with Gasteiger partial charge in [-0.15, -0.1) is 10.2 Å². The smallest absolute Gasteiger partial charge is 0.217 e. The molecular formula is C9H11BrN4OS. The molecule has 1 aliphatic heterocycles. The third-order valence-electron chi connectivity index (χ3n) is 3.22. The lowest BCUT2D eigenvalue weighted by Crippen LogP contribution is -2.33. The zero-order chi connectivity index (χ0) is 11.3. The number of nitrogens with one attached hydrogen (secondary N) is 1. The van der Waals surface area contributed by atoms with Crippen LogP contribution in [0.2, 0.25) is 0 Å². The van der Waals surface area contributed by atoms with E-state index in [1.54, 1.807) is 18.3 Å². The first-order valence-electron chi connectivity index (χ1n) is 5.16. The van der Waals surface area contributed by atoms with Crippen LogP contribution in [-0.4, -0.2) is 35.2 Å². The number of fused-ring (bicyclic) bond motifs is 1. The van der Waals surface area contributed by atoms with Crippen LogP contribution in [0.25, 0.3) is 0 Å². The molecular weight excluding hydrogens is 292 g/mol. The highest BCUT2D eigenvalue weighted by atomic mass is 79.9. The lowest BCUT2D eigenvalue weighted by Gasteiger charge is -2.17. The molecule has 86 valence electrons. The van der Waals surface area contributed by atoms with Crippen molar-refractivity contribution in [1.29, 1.82) is 0 Å². The Balaban J connectivity index is 1.61. The van der Waals surface area contributed by atoms with Crippen molar-refractivity contribution < 1.29 is 4.79 Å². The van der Waals surface area contributed by atoms with E-state index in [0.717, 1.165) is 22.1 Å². The highest BCUT2D eigenvalue weighted by Gasteiger charge is 2.56. The van der Waals surface area contributed by atoms with Crippen LogP contribution in [0.4, 0.5) is 5.13 Å². The first-order valence-corrected chi connectivity index (χ1v) is 6.77. The quantitative estimate of drug-likeness (QED) is 0.881. The van der Waals surface area contributed by atoms with Gasteiger partial charge in [-0.05, 0) is 15.9 Å². The predicted octanol–water partition coefficient (Wildman–Crippen LogP) is 0.871. The van der Waals surface area contributed by atoms with E-state index >= 15 is 0 Å². The van der Waals surface area contributed by atoms with Crippen LogP contribution in [0.1, 0.15) is 6.92 Å². The van der Waals surface area contributed by atoms with Gasteiger partial charge in [-0.3, -0.25) is 4.79 Å². The Labute approximate surface area is 105 Å². The van der Waals surface area contributed by atoms with Crippen molar-refractivity contribution in [2.24, 2.45) is 11.8 Å². The highest BCUT2D eigenvalue weighted by molar-refractivity contribution is 9.11. The standard InChI is InChI=1S/C9H11BrN4OS/c1-4(15)11-7-5-2-14(3-6(5)7)9-13-12-8(10)16-9/h5-7H,2-3H2,1H3,(H,11,15)/t5-,6+,7?. The monoisotopic (exact) mass is 302 g/mol. The van der Waals surface area contributed by atoms with E-state index in [1.165, 1.54) is 0 Å². The van der Waals surface area contributed by atoms with Gasteiger partial charge in [0.25, 0.3) is 0 Å². The zero-order valence-corrected chi connectivity index (χ0v) is 11.1. The lowest BCUT2D eigenvalue weighted by molar-refractivity contribution is -0.119. The molecule has 0 spiro atoms. The number of rotatable bonds is 2. The van der Waals surface area contributed by atoms with Gasteiger partial charge in [-0.25, -0.2) is 0 Å². The molecule has 3 atom stereocenters. The molecule has 2 aliphatic rings. The second-order valence-corrected chi connectivity index (χ2v) is 6.53. The second-order valence-electron chi connectivity index (χ2n) is 4.30. The van der Waals surface area contributed by atoms with Crippen molar-refractivity contribution in [3.8, 4) is 0 Å². The Morgan fingerprint density at radius 2 is 2.19 bits per heavy atom. The van der Waals surface area contributed by atoms with E-state index in [1.807, 2.05) is 0 Å². The largest absolute Gasteiger partial charge is 0.353 e. The fourth-order valence-corrected chi connectivity index (χ4v) is 3.56. The number of carbonyl (C=O) groups is 1. The van der Waals surface area contributed by atoms with Crippen molar-refractivity contribution in [1.82, 2.24) is 15.5 Å². The van der Waals surface area contributed by atoms with E-state index in [0.29, 0.717) is 17.9 Å². The molecule has 1 N–H and O–H groups in total. The van der Waals surface area contributed by atoms with Crippen LogP contribution in [-0.2, 0) is 4.79 Å². The normalized spacial score (nSPS) is 31.4. The Hall–Kier alpha value is -0.690. The van der Waals surface area contributed by atoms with Gasteiger partial charge in [0.2, 0.25) is 11.0 Å². The summed E-state index contributed by atoms with van der Waals surface area (Å²) in [5, 5.41) is 12.0. The van der Waals surface area contributed by atoms with Crippen molar-refractivity contribution in [3.05, 3.63) is 3.92 Å². The molecule has 0 radical (unpaired) electrons. The minimum absolute atomic E-state index is 0.0737. The van der Waals surface area contributed by atoms with Gasteiger partial charge in [0.15, 0.2) is 3.92 Å². The number of nitrogens with zero attached hydrogens (tertiary/aromatic N) is 3. The third-order valence-corrected chi connectivity index (χ3v) is 4.64. The topological polar surface area (TPSA) is 58.1 Å². The molecule has 7 heteroatoms. The summed E-state index contributed by atoms with van der Waals surface area (Å²) in [6.07, 6.45) is 0. The Kier molecular flexibility index (Phi) is 2.39. The van der Waals surface area contributed by atoms with Crippen LogP contribution in [0.3, 0.4) is 0 Å². The molecule has 1 amide bonds. The van der Waals surface area contributed by atoms with Crippen molar-refractivity contribution in [3.63, 3.8) is 0 Å². The van der Waals surface area contributed by atoms with E-state index in [-0.39, 0.29) is 5.91 Å². The Morgan fingerprint density at radius 3 is 2.69 bits per heavy atom. The molecule has 16 heavy (non-hydrogen) atoms. The summed E-state index contributed by atoms with van der Waals surface area (Å²) >= 11 is 4.87. The van der Waals surface area contributed by atoms with Crippen molar-refractivity contribution >= 4 is 38.3 Å². The molecule has 1 aromatic heterocycles. The number of halogens is 1. The van der Waals surface area contributed by atoms with E-state index in [2.05, 4.69) is 36.3 Å². The summed E-state index contributed by atoms with van der Waals surface area (Å²) in [5.41, 5.74) is 0. The van der Waals surface area contributed by atoms with Crippen LogP contribution in [0.15, 0.2) is 3.92 Å². The number of piperidine rings is 1. The van der Waals surface area contributed by atoms with Gasteiger partial charge in [0.05, 0.1) is 0 Å². The molecule has 1 saturated heterocycles. The number of anilines is 1. The molecule has 3 rings (SSSR count). The average Bonchev–Trinajstić information content (AvgIpc) is 2.68. The summed E-state index contributed by atoms with van der Waals surface area (Å²) in [7, 11) is 0. The minimum Gasteiger partial charge on any atom is -0.353 e. The molecule has 0 bridgehead atoms. The molecule has 2 heterocycles. The summed E-state index contributed by atoms with van der Waals surface area (Å²) < 4.78 is 0.821. The van der Waals surface area contributed by atoms with Crippen LogP contribution < -0.4 is 10.2 Å². The van der Waals surface area contributed by atoms with Crippen LogP contribution in [0.5, 0.6) is 0 Å².